The molecule has 0 saturated carbocycles. The Morgan fingerprint density at radius 2 is 1.75 bits per heavy atom. The SMILES string of the molecule is Cc1sc(SCCCCC(F)(F)C(F)(F)F)c2c(NS(=O)(=O)c3ccc(CO)cc3)nc(=O)n-2c1C. The van der Waals surface area contributed by atoms with Crippen LogP contribution in [0, 0.1) is 13.8 Å². The molecule has 0 unspecified atom stereocenters. The van der Waals surface area contributed by atoms with Gasteiger partial charge in [0.25, 0.3) is 10.0 Å². The van der Waals surface area contributed by atoms with Crippen molar-refractivity contribution in [3.05, 3.63) is 50.9 Å². The molecule has 0 amide bonds. The van der Waals surface area contributed by atoms with Crippen molar-refractivity contribution in [1.29, 1.82) is 0 Å². The molecule has 15 heteroatoms. The zero-order valence-electron chi connectivity index (χ0n) is 19.0. The number of nitrogens with zero attached hydrogens (tertiary/aromatic N) is 2. The molecule has 0 fully saturated rings. The molecule has 3 rings (SSSR count). The van der Waals surface area contributed by atoms with E-state index >= 15 is 0 Å². The Morgan fingerprint density at radius 1 is 1.11 bits per heavy atom. The van der Waals surface area contributed by atoms with Crippen molar-refractivity contribution in [3.63, 3.8) is 0 Å². The number of aliphatic hydroxyl groups excluding tert-OH is 1. The van der Waals surface area contributed by atoms with Gasteiger partial charge in [-0.1, -0.05) is 12.1 Å². The molecule has 7 nitrogen and oxygen atoms in total. The molecular weight excluding hydrogens is 549 g/mol. The number of aromatic nitrogens is 2. The van der Waals surface area contributed by atoms with E-state index in [1.807, 2.05) is 0 Å². The van der Waals surface area contributed by atoms with E-state index in [0.717, 1.165) is 16.6 Å². The number of fused-ring (bicyclic) bond motifs is 1. The maximum absolute atomic E-state index is 13.1. The third-order valence-corrected chi connectivity index (χ3v) is 9.20. The predicted octanol–water partition coefficient (Wildman–Crippen LogP) is 5.10. The van der Waals surface area contributed by atoms with Crippen molar-refractivity contribution in [1.82, 2.24) is 9.55 Å². The molecule has 0 aliphatic carbocycles. The van der Waals surface area contributed by atoms with Gasteiger partial charge in [-0.15, -0.1) is 23.1 Å². The van der Waals surface area contributed by atoms with Gasteiger partial charge in [0.2, 0.25) is 0 Å². The van der Waals surface area contributed by atoms with E-state index in [9.17, 15) is 35.2 Å². The van der Waals surface area contributed by atoms with Crippen LogP contribution in [-0.4, -0.2) is 40.9 Å². The van der Waals surface area contributed by atoms with E-state index in [4.69, 9.17) is 5.11 Å². The number of aliphatic hydroxyl groups is 1. The number of sulfonamides is 1. The summed E-state index contributed by atoms with van der Waals surface area (Å²) in [7, 11) is -4.16. The number of halogens is 5. The van der Waals surface area contributed by atoms with Crippen molar-refractivity contribution in [2.24, 2.45) is 0 Å². The third kappa shape index (κ3) is 6.01. The Morgan fingerprint density at radius 3 is 2.33 bits per heavy atom. The first-order valence-corrected chi connectivity index (χ1v) is 13.8. The first-order chi connectivity index (χ1) is 16.7. The fraction of sp³-hybridized carbons (Fsp3) is 0.429. The highest BCUT2D eigenvalue weighted by Gasteiger charge is 2.56. The normalized spacial score (nSPS) is 12.9. The highest BCUT2D eigenvalue weighted by atomic mass is 32.2. The Balaban J connectivity index is 1.85. The molecule has 2 N–H and O–H groups in total. The number of thioether (sulfide) groups is 1. The molecule has 2 aliphatic rings. The van der Waals surface area contributed by atoms with Crippen LogP contribution in [0.1, 0.15) is 35.4 Å². The number of unbranched alkanes of at least 4 members (excludes halogenated alkanes) is 1. The van der Waals surface area contributed by atoms with Crippen LogP contribution in [0.2, 0.25) is 0 Å². The van der Waals surface area contributed by atoms with E-state index < -0.39 is 34.2 Å². The molecule has 36 heavy (non-hydrogen) atoms. The lowest BCUT2D eigenvalue weighted by Gasteiger charge is -2.19. The Kier molecular flexibility index (Phi) is 8.37. The molecule has 0 atom stereocenters. The van der Waals surface area contributed by atoms with E-state index in [1.54, 1.807) is 13.8 Å². The lowest BCUT2D eigenvalue weighted by molar-refractivity contribution is -0.284. The van der Waals surface area contributed by atoms with Crippen LogP contribution in [-0.2, 0) is 16.6 Å². The van der Waals surface area contributed by atoms with Gasteiger partial charge in [0.05, 0.1) is 15.7 Å². The van der Waals surface area contributed by atoms with Crippen LogP contribution in [0.15, 0.2) is 38.2 Å². The van der Waals surface area contributed by atoms with Crippen LogP contribution in [0.5, 0.6) is 0 Å². The van der Waals surface area contributed by atoms with Gasteiger partial charge in [0.1, 0.15) is 5.69 Å². The maximum atomic E-state index is 13.1. The zero-order valence-corrected chi connectivity index (χ0v) is 21.5. The maximum Gasteiger partial charge on any atom is 0.453 e. The highest BCUT2D eigenvalue weighted by molar-refractivity contribution is 8.01. The van der Waals surface area contributed by atoms with Crippen molar-refractivity contribution in [2.75, 3.05) is 10.5 Å². The summed E-state index contributed by atoms with van der Waals surface area (Å²) in [6.07, 6.45) is -7.27. The minimum atomic E-state index is -5.60. The summed E-state index contributed by atoms with van der Waals surface area (Å²) in [6, 6.07) is 5.43. The fourth-order valence-electron chi connectivity index (χ4n) is 3.20. The van der Waals surface area contributed by atoms with Gasteiger partial charge >= 0.3 is 17.8 Å². The van der Waals surface area contributed by atoms with Crippen LogP contribution >= 0.6 is 23.1 Å². The second-order valence-corrected chi connectivity index (χ2v) is 12.1. The van der Waals surface area contributed by atoms with E-state index in [2.05, 4.69) is 9.71 Å². The van der Waals surface area contributed by atoms with Gasteiger partial charge < -0.3 is 5.11 Å². The lowest BCUT2D eigenvalue weighted by atomic mass is 10.1. The summed E-state index contributed by atoms with van der Waals surface area (Å²) in [6.45, 7) is 3.12. The van der Waals surface area contributed by atoms with Crippen LogP contribution < -0.4 is 10.4 Å². The fourth-order valence-corrected chi connectivity index (χ4v) is 6.73. The molecule has 0 spiro atoms. The summed E-state index contributed by atoms with van der Waals surface area (Å²) in [5, 5.41) is 9.15. The van der Waals surface area contributed by atoms with Crippen molar-refractivity contribution >= 4 is 38.9 Å². The zero-order chi connectivity index (χ0) is 26.9. The number of hydrogen-bond acceptors (Lipinski definition) is 7. The van der Waals surface area contributed by atoms with E-state index in [0.29, 0.717) is 15.5 Å². The number of benzene rings is 1. The molecule has 198 valence electrons. The number of hydrogen-bond donors (Lipinski definition) is 2. The van der Waals surface area contributed by atoms with E-state index in [-0.39, 0.29) is 41.6 Å². The highest BCUT2D eigenvalue weighted by Crippen LogP contribution is 2.41. The quantitative estimate of drug-likeness (QED) is 0.200. The molecule has 1 aromatic carbocycles. The molecule has 0 aromatic heterocycles. The van der Waals surface area contributed by atoms with Crippen molar-refractivity contribution in [3.8, 4) is 5.69 Å². The first-order valence-electron chi connectivity index (χ1n) is 10.5. The summed E-state index contributed by atoms with van der Waals surface area (Å²) in [4.78, 5) is 17.0. The second-order valence-electron chi connectivity index (χ2n) is 7.87. The molecule has 0 radical (unpaired) electrons. The predicted molar refractivity (Wildman–Crippen MR) is 127 cm³/mol. The Labute approximate surface area is 211 Å². The smallest absolute Gasteiger partial charge is 0.392 e. The monoisotopic (exact) mass is 571 g/mol. The Hall–Kier alpha value is -2.23. The number of aryl methyl sites for hydroxylation is 1. The average molecular weight is 572 g/mol. The van der Waals surface area contributed by atoms with Gasteiger partial charge in [-0.3, -0.25) is 9.29 Å². The topological polar surface area (TPSA) is 101 Å². The Bertz CT molecular complexity index is 1350. The first kappa shape index (κ1) is 28.3. The largest absolute Gasteiger partial charge is 0.453 e. The van der Waals surface area contributed by atoms with Gasteiger partial charge in [0, 0.05) is 17.0 Å². The second kappa shape index (κ2) is 10.6. The summed E-state index contributed by atoms with van der Waals surface area (Å²) < 4.78 is 93.1. The number of rotatable bonds is 10. The van der Waals surface area contributed by atoms with Crippen LogP contribution in [0.3, 0.4) is 0 Å². The number of alkyl halides is 5. The summed E-state index contributed by atoms with van der Waals surface area (Å²) in [5.74, 6) is -4.83. The third-order valence-electron chi connectivity index (χ3n) is 5.31. The number of nitrogens with one attached hydrogen (secondary N) is 1. The average Bonchev–Trinajstić information content (AvgIpc) is 3.11. The van der Waals surface area contributed by atoms with Crippen LogP contribution in [0.4, 0.5) is 27.8 Å². The van der Waals surface area contributed by atoms with Gasteiger partial charge in [-0.2, -0.15) is 26.9 Å². The molecule has 0 bridgehead atoms. The molecule has 0 saturated heterocycles. The minimum absolute atomic E-state index is 0.0405. The lowest BCUT2D eigenvalue weighted by Crippen LogP contribution is -2.36. The molecule has 1 aromatic rings. The summed E-state index contributed by atoms with van der Waals surface area (Å²) >= 11 is 2.34. The molecular formula is C21H22F5N3O4S3. The van der Waals surface area contributed by atoms with Gasteiger partial charge in [-0.05, 0) is 50.1 Å². The van der Waals surface area contributed by atoms with Gasteiger partial charge in [-0.25, -0.2) is 13.2 Å². The standard InChI is InChI=1S/C21H22F5N3O4S3/c1-12-13(2)35-18(34-10-4-3-9-20(22,23)21(24,25)26)16-17(27-19(31)29(12)16)28-36(32,33)15-7-5-14(11-30)6-8-15/h5-8,30H,3-4,9-11H2,1-2H3,(H,27,28,31). The minimum Gasteiger partial charge on any atom is -0.392 e. The van der Waals surface area contributed by atoms with Gasteiger partial charge in [0.15, 0.2) is 5.82 Å². The van der Waals surface area contributed by atoms with E-state index in [1.165, 1.54) is 40.2 Å². The van der Waals surface area contributed by atoms with Crippen molar-refractivity contribution in [2.45, 2.75) is 60.9 Å². The number of imidazole rings is 1. The molecule has 2 aliphatic heterocycles. The molecule has 2 heterocycles. The van der Waals surface area contributed by atoms with Crippen LogP contribution in [0.25, 0.3) is 5.69 Å². The van der Waals surface area contributed by atoms with Crippen molar-refractivity contribution < 1.29 is 35.5 Å². The summed E-state index contributed by atoms with van der Waals surface area (Å²) in [5.41, 5.74) is 0.481. The number of anilines is 1.